The first kappa shape index (κ1) is 20.7. The summed E-state index contributed by atoms with van der Waals surface area (Å²) in [5.41, 5.74) is 1.93. The molecule has 0 aromatic heterocycles. The minimum absolute atomic E-state index is 0.0630. The lowest BCUT2D eigenvalue weighted by Crippen LogP contribution is -2.37. The van der Waals surface area contributed by atoms with Gasteiger partial charge >= 0.3 is 0 Å². The predicted octanol–water partition coefficient (Wildman–Crippen LogP) is 4.29. The Hall–Kier alpha value is -2.00. The van der Waals surface area contributed by atoms with E-state index < -0.39 is 0 Å². The summed E-state index contributed by atoms with van der Waals surface area (Å²) in [6, 6.07) is 14.4. The summed E-state index contributed by atoms with van der Waals surface area (Å²) < 4.78 is 0.979. The van der Waals surface area contributed by atoms with Crippen LogP contribution in [0.4, 0.5) is 5.69 Å². The zero-order valence-electron chi connectivity index (χ0n) is 15.6. The fraction of sp³-hybridized carbons (Fsp3) is 0.286. The van der Waals surface area contributed by atoms with Crippen LogP contribution < -0.4 is 10.6 Å². The molecule has 0 spiro atoms. The number of amides is 2. The Kier molecular flexibility index (Phi) is 7.01. The van der Waals surface area contributed by atoms with Crippen molar-refractivity contribution in [3.05, 3.63) is 63.2 Å². The van der Waals surface area contributed by atoms with Gasteiger partial charge in [0, 0.05) is 33.5 Å². The van der Waals surface area contributed by atoms with Crippen molar-refractivity contribution < 1.29 is 9.59 Å². The number of carbonyl (C=O) groups is 2. The molecule has 146 valence electrons. The van der Waals surface area contributed by atoms with Crippen LogP contribution in [0.3, 0.4) is 0 Å². The van der Waals surface area contributed by atoms with Gasteiger partial charge in [-0.15, -0.1) is 0 Å². The first-order valence-electron chi connectivity index (χ1n) is 9.19. The number of benzene rings is 2. The SMILES string of the molecule is CC1CCN(C(=O)c2ccc(NC(=S)NC(=O)c3cccc(I)c3)cc2)CC1. The molecule has 0 bridgehead atoms. The number of piperidine rings is 1. The Morgan fingerprint density at radius 2 is 1.75 bits per heavy atom. The van der Waals surface area contributed by atoms with Gasteiger partial charge in [0.15, 0.2) is 5.11 Å². The second-order valence-corrected chi connectivity index (χ2v) is 8.62. The van der Waals surface area contributed by atoms with E-state index in [9.17, 15) is 9.59 Å². The number of nitrogens with one attached hydrogen (secondary N) is 2. The topological polar surface area (TPSA) is 61.4 Å². The fourth-order valence-electron chi connectivity index (χ4n) is 3.06. The molecular formula is C21H22IN3O2S. The smallest absolute Gasteiger partial charge is 0.257 e. The van der Waals surface area contributed by atoms with E-state index >= 15 is 0 Å². The highest BCUT2D eigenvalue weighted by atomic mass is 127. The lowest BCUT2D eigenvalue weighted by Gasteiger charge is -2.30. The molecule has 2 aromatic carbocycles. The van der Waals surface area contributed by atoms with Crippen molar-refractivity contribution in [1.82, 2.24) is 10.2 Å². The number of hydrogen-bond acceptors (Lipinski definition) is 3. The summed E-state index contributed by atoms with van der Waals surface area (Å²) in [5, 5.41) is 5.87. The van der Waals surface area contributed by atoms with E-state index in [0.29, 0.717) is 17.0 Å². The maximum absolute atomic E-state index is 12.6. The van der Waals surface area contributed by atoms with E-state index in [2.05, 4.69) is 40.1 Å². The average molecular weight is 507 g/mol. The number of nitrogens with zero attached hydrogens (tertiary/aromatic N) is 1. The van der Waals surface area contributed by atoms with Gasteiger partial charge in [0.25, 0.3) is 11.8 Å². The zero-order valence-corrected chi connectivity index (χ0v) is 18.5. The molecule has 1 aliphatic rings. The van der Waals surface area contributed by atoms with Gasteiger partial charge in [0.2, 0.25) is 0 Å². The highest BCUT2D eigenvalue weighted by molar-refractivity contribution is 14.1. The molecule has 1 fully saturated rings. The van der Waals surface area contributed by atoms with E-state index in [1.54, 1.807) is 36.4 Å². The molecule has 1 aliphatic heterocycles. The van der Waals surface area contributed by atoms with Gasteiger partial charge in [0.1, 0.15) is 0 Å². The minimum atomic E-state index is -0.262. The number of anilines is 1. The molecule has 1 saturated heterocycles. The third kappa shape index (κ3) is 5.51. The molecule has 3 rings (SSSR count). The largest absolute Gasteiger partial charge is 0.339 e. The highest BCUT2D eigenvalue weighted by Crippen LogP contribution is 2.19. The maximum atomic E-state index is 12.6. The van der Waals surface area contributed by atoms with Gasteiger partial charge in [-0.2, -0.15) is 0 Å². The summed E-state index contributed by atoms with van der Waals surface area (Å²) in [6.45, 7) is 3.85. The van der Waals surface area contributed by atoms with Crippen molar-refractivity contribution >= 4 is 57.4 Å². The Morgan fingerprint density at radius 1 is 1.07 bits per heavy atom. The minimum Gasteiger partial charge on any atom is -0.339 e. The van der Waals surface area contributed by atoms with Gasteiger partial charge in [-0.25, -0.2) is 0 Å². The van der Waals surface area contributed by atoms with Crippen molar-refractivity contribution in [2.75, 3.05) is 18.4 Å². The monoisotopic (exact) mass is 507 g/mol. The molecule has 5 nitrogen and oxygen atoms in total. The van der Waals surface area contributed by atoms with Crippen LogP contribution in [0, 0.1) is 9.49 Å². The Bertz CT molecular complexity index is 877. The summed E-state index contributed by atoms with van der Waals surface area (Å²) in [5.74, 6) is 0.487. The van der Waals surface area contributed by atoms with Crippen molar-refractivity contribution in [2.24, 2.45) is 5.92 Å². The third-order valence-corrected chi connectivity index (χ3v) is 5.65. The number of halogens is 1. The van der Waals surface area contributed by atoms with E-state index in [1.807, 2.05) is 17.0 Å². The molecule has 28 heavy (non-hydrogen) atoms. The fourth-order valence-corrected chi connectivity index (χ4v) is 3.81. The van der Waals surface area contributed by atoms with Crippen molar-refractivity contribution in [1.29, 1.82) is 0 Å². The van der Waals surface area contributed by atoms with Crippen LogP contribution >= 0.6 is 34.8 Å². The normalized spacial score (nSPS) is 14.4. The Balaban J connectivity index is 1.55. The summed E-state index contributed by atoms with van der Waals surface area (Å²) in [4.78, 5) is 26.8. The van der Waals surface area contributed by atoms with E-state index in [-0.39, 0.29) is 16.9 Å². The molecule has 0 aliphatic carbocycles. The molecule has 2 N–H and O–H groups in total. The van der Waals surface area contributed by atoms with Gasteiger partial charge in [0.05, 0.1) is 0 Å². The molecule has 2 aromatic rings. The summed E-state index contributed by atoms with van der Waals surface area (Å²) >= 11 is 7.38. The summed E-state index contributed by atoms with van der Waals surface area (Å²) in [6.07, 6.45) is 2.11. The molecule has 1 heterocycles. The number of likely N-dealkylation sites (tertiary alicyclic amines) is 1. The molecule has 2 amide bonds. The van der Waals surface area contributed by atoms with E-state index in [1.165, 1.54) is 0 Å². The van der Waals surface area contributed by atoms with Crippen molar-refractivity contribution in [2.45, 2.75) is 19.8 Å². The van der Waals surface area contributed by atoms with Crippen LogP contribution in [0.25, 0.3) is 0 Å². The Labute approximate surface area is 184 Å². The zero-order chi connectivity index (χ0) is 20.1. The average Bonchev–Trinajstić information content (AvgIpc) is 2.68. The van der Waals surface area contributed by atoms with Crippen LogP contribution in [0.5, 0.6) is 0 Å². The number of hydrogen-bond donors (Lipinski definition) is 2. The molecule has 7 heteroatoms. The second-order valence-electron chi connectivity index (χ2n) is 6.97. The Morgan fingerprint density at radius 3 is 2.39 bits per heavy atom. The van der Waals surface area contributed by atoms with E-state index in [4.69, 9.17) is 12.2 Å². The van der Waals surface area contributed by atoms with Crippen LogP contribution in [0.2, 0.25) is 0 Å². The molecule has 0 saturated carbocycles. The highest BCUT2D eigenvalue weighted by Gasteiger charge is 2.21. The summed E-state index contributed by atoms with van der Waals surface area (Å²) in [7, 11) is 0. The number of rotatable bonds is 3. The van der Waals surface area contributed by atoms with Crippen LogP contribution in [-0.4, -0.2) is 34.9 Å². The lowest BCUT2D eigenvalue weighted by molar-refractivity contribution is 0.0697. The maximum Gasteiger partial charge on any atom is 0.257 e. The molecular weight excluding hydrogens is 485 g/mol. The van der Waals surface area contributed by atoms with E-state index in [0.717, 1.165) is 35.2 Å². The number of thiocarbonyl (C=S) groups is 1. The standard InChI is InChI=1S/C21H22IN3O2S/c1-14-9-11-25(12-10-14)20(27)15-5-7-18(8-6-15)23-21(28)24-19(26)16-3-2-4-17(22)13-16/h2-8,13-14H,9-12H2,1H3,(H2,23,24,26,28). The number of carbonyl (C=O) groups excluding carboxylic acids is 2. The predicted molar refractivity (Wildman–Crippen MR) is 124 cm³/mol. The van der Waals surface area contributed by atoms with Gasteiger partial charge < -0.3 is 10.2 Å². The third-order valence-electron chi connectivity index (χ3n) is 4.77. The molecule has 0 atom stereocenters. The van der Waals surface area contributed by atoms with Crippen molar-refractivity contribution in [3.8, 4) is 0 Å². The molecule has 0 radical (unpaired) electrons. The first-order valence-corrected chi connectivity index (χ1v) is 10.7. The van der Waals surface area contributed by atoms with Crippen LogP contribution in [-0.2, 0) is 0 Å². The van der Waals surface area contributed by atoms with Gasteiger partial charge in [-0.1, -0.05) is 13.0 Å². The van der Waals surface area contributed by atoms with Crippen molar-refractivity contribution in [3.63, 3.8) is 0 Å². The molecule has 0 unspecified atom stereocenters. The first-order chi connectivity index (χ1) is 13.4. The second kappa shape index (κ2) is 9.47. The van der Waals surface area contributed by atoms with Crippen LogP contribution in [0.1, 0.15) is 40.5 Å². The van der Waals surface area contributed by atoms with Gasteiger partial charge in [-0.05, 0) is 96.0 Å². The lowest BCUT2D eigenvalue weighted by atomic mass is 9.98. The van der Waals surface area contributed by atoms with Gasteiger partial charge in [-0.3, -0.25) is 14.9 Å². The van der Waals surface area contributed by atoms with Crippen LogP contribution in [0.15, 0.2) is 48.5 Å². The quantitative estimate of drug-likeness (QED) is 0.481.